The SMILES string of the molecule is COc1cc(CNC(=O)c2c(-c3ccc(F)cc3)c3cccnc3c(=O)n2CCC(C)CO)cc(OC)c1. The van der Waals surface area contributed by atoms with Crippen LogP contribution in [0, 0.1) is 11.7 Å². The number of amides is 1. The number of aliphatic hydroxyl groups is 1. The highest BCUT2D eigenvalue weighted by Gasteiger charge is 2.24. The van der Waals surface area contributed by atoms with Gasteiger partial charge in [0.15, 0.2) is 0 Å². The average Bonchev–Trinajstić information content (AvgIpc) is 2.95. The number of carbonyl (C=O) groups is 1. The number of pyridine rings is 2. The zero-order valence-corrected chi connectivity index (χ0v) is 21.5. The number of ether oxygens (including phenoxy) is 2. The third-order valence-corrected chi connectivity index (χ3v) is 6.40. The van der Waals surface area contributed by atoms with E-state index < -0.39 is 17.3 Å². The molecular formula is C29H30FN3O5. The predicted molar refractivity (Wildman–Crippen MR) is 143 cm³/mol. The highest BCUT2D eigenvalue weighted by molar-refractivity contribution is 6.07. The van der Waals surface area contributed by atoms with E-state index in [1.54, 1.807) is 56.7 Å². The summed E-state index contributed by atoms with van der Waals surface area (Å²) in [4.78, 5) is 31.7. The maximum Gasteiger partial charge on any atom is 0.277 e. The molecule has 0 fully saturated rings. The number of rotatable bonds is 10. The lowest BCUT2D eigenvalue weighted by Crippen LogP contribution is -2.34. The first-order valence-electron chi connectivity index (χ1n) is 12.2. The molecule has 8 nitrogen and oxygen atoms in total. The van der Waals surface area contributed by atoms with Crippen molar-refractivity contribution in [2.45, 2.75) is 26.4 Å². The zero-order valence-electron chi connectivity index (χ0n) is 21.5. The number of nitrogens with one attached hydrogen (secondary N) is 1. The molecule has 38 heavy (non-hydrogen) atoms. The van der Waals surface area contributed by atoms with Crippen LogP contribution in [-0.4, -0.2) is 41.4 Å². The Hall–Kier alpha value is -4.24. The second kappa shape index (κ2) is 11.9. The van der Waals surface area contributed by atoms with Crippen LogP contribution in [0.2, 0.25) is 0 Å². The predicted octanol–water partition coefficient (Wildman–Crippen LogP) is 4.17. The number of benzene rings is 2. The van der Waals surface area contributed by atoms with E-state index in [2.05, 4.69) is 10.3 Å². The van der Waals surface area contributed by atoms with Gasteiger partial charge in [-0.15, -0.1) is 0 Å². The Morgan fingerprint density at radius 1 is 1.11 bits per heavy atom. The standard InChI is InChI=1S/C29H30FN3O5/c1-18(17-34)10-12-33-27(28(35)32-16-19-13-22(37-2)15-23(14-19)38-3)25(20-6-8-21(30)9-7-20)24-5-4-11-31-26(24)29(33)36/h4-9,11,13-15,18,34H,10,12,16-17H2,1-3H3,(H,32,35). The summed E-state index contributed by atoms with van der Waals surface area (Å²) in [7, 11) is 3.09. The van der Waals surface area contributed by atoms with Crippen LogP contribution >= 0.6 is 0 Å². The van der Waals surface area contributed by atoms with Gasteiger partial charge < -0.3 is 24.5 Å². The van der Waals surface area contributed by atoms with Crippen molar-refractivity contribution in [2.24, 2.45) is 5.92 Å². The third kappa shape index (κ3) is 5.68. The summed E-state index contributed by atoms with van der Waals surface area (Å²) in [5.41, 5.74) is 1.72. The number of nitrogens with zero attached hydrogens (tertiary/aromatic N) is 2. The van der Waals surface area contributed by atoms with Crippen LogP contribution < -0.4 is 20.3 Å². The Morgan fingerprint density at radius 3 is 2.42 bits per heavy atom. The second-order valence-corrected chi connectivity index (χ2v) is 9.07. The molecule has 0 saturated carbocycles. The zero-order chi connectivity index (χ0) is 27.2. The largest absolute Gasteiger partial charge is 0.497 e. The van der Waals surface area contributed by atoms with E-state index in [0.717, 1.165) is 5.56 Å². The molecule has 1 atom stereocenters. The van der Waals surface area contributed by atoms with Gasteiger partial charge in [-0.2, -0.15) is 0 Å². The summed E-state index contributed by atoms with van der Waals surface area (Å²) in [6.45, 7) is 2.14. The van der Waals surface area contributed by atoms with E-state index in [1.165, 1.54) is 22.9 Å². The van der Waals surface area contributed by atoms with Crippen molar-refractivity contribution in [3.63, 3.8) is 0 Å². The molecule has 2 aromatic heterocycles. The third-order valence-electron chi connectivity index (χ3n) is 6.40. The van der Waals surface area contributed by atoms with Gasteiger partial charge in [0, 0.05) is 42.9 Å². The minimum atomic E-state index is -0.481. The van der Waals surface area contributed by atoms with Crippen LogP contribution in [0.25, 0.3) is 22.0 Å². The van der Waals surface area contributed by atoms with Crippen molar-refractivity contribution < 1.29 is 23.8 Å². The van der Waals surface area contributed by atoms with Crippen LogP contribution in [-0.2, 0) is 13.1 Å². The number of halogens is 1. The lowest BCUT2D eigenvalue weighted by molar-refractivity contribution is 0.0940. The second-order valence-electron chi connectivity index (χ2n) is 9.07. The number of aromatic nitrogens is 2. The average molecular weight is 520 g/mol. The highest BCUT2D eigenvalue weighted by atomic mass is 19.1. The minimum Gasteiger partial charge on any atom is -0.497 e. The quantitative estimate of drug-likeness (QED) is 0.326. The molecule has 4 aromatic rings. The normalized spacial score (nSPS) is 11.8. The maximum atomic E-state index is 13.8. The van der Waals surface area contributed by atoms with E-state index in [9.17, 15) is 19.1 Å². The fourth-order valence-electron chi connectivity index (χ4n) is 4.30. The first-order chi connectivity index (χ1) is 18.4. The van der Waals surface area contributed by atoms with E-state index in [-0.39, 0.29) is 36.8 Å². The Labute approximate surface area is 219 Å². The first-order valence-corrected chi connectivity index (χ1v) is 12.2. The molecule has 0 aliphatic carbocycles. The van der Waals surface area contributed by atoms with Gasteiger partial charge in [0.05, 0.1) is 14.2 Å². The van der Waals surface area contributed by atoms with Crippen molar-refractivity contribution in [3.05, 3.63) is 88.2 Å². The molecule has 198 valence electrons. The summed E-state index contributed by atoms with van der Waals surface area (Å²) in [6.07, 6.45) is 1.99. The summed E-state index contributed by atoms with van der Waals surface area (Å²) in [6, 6.07) is 14.5. The fourth-order valence-corrected chi connectivity index (χ4v) is 4.30. The molecular weight excluding hydrogens is 489 g/mol. The Kier molecular flexibility index (Phi) is 8.38. The lowest BCUT2D eigenvalue weighted by atomic mass is 9.97. The van der Waals surface area contributed by atoms with E-state index in [4.69, 9.17) is 9.47 Å². The molecule has 0 spiro atoms. The van der Waals surface area contributed by atoms with Gasteiger partial charge in [-0.3, -0.25) is 14.6 Å². The monoisotopic (exact) mass is 519 g/mol. The van der Waals surface area contributed by atoms with E-state index in [1.807, 2.05) is 6.92 Å². The molecule has 0 bridgehead atoms. The van der Waals surface area contributed by atoms with Gasteiger partial charge in [0.2, 0.25) is 0 Å². The van der Waals surface area contributed by atoms with Gasteiger partial charge in [-0.25, -0.2) is 4.39 Å². The van der Waals surface area contributed by atoms with Crippen molar-refractivity contribution in [1.29, 1.82) is 0 Å². The smallest absolute Gasteiger partial charge is 0.277 e. The number of carbonyl (C=O) groups excluding carboxylic acids is 1. The molecule has 2 heterocycles. The number of hydrogen-bond acceptors (Lipinski definition) is 6. The minimum absolute atomic E-state index is 0.0510. The molecule has 0 aliphatic rings. The topological polar surface area (TPSA) is 103 Å². The van der Waals surface area contributed by atoms with Gasteiger partial charge in [-0.05, 0) is 53.8 Å². The summed E-state index contributed by atoms with van der Waals surface area (Å²) in [5, 5.41) is 13.0. The number of fused-ring (bicyclic) bond motifs is 1. The maximum absolute atomic E-state index is 13.8. The van der Waals surface area contributed by atoms with Crippen LogP contribution in [0.5, 0.6) is 11.5 Å². The molecule has 0 saturated heterocycles. The first kappa shape index (κ1) is 26.8. The van der Waals surface area contributed by atoms with Crippen LogP contribution in [0.15, 0.2) is 65.6 Å². The Morgan fingerprint density at radius 2 is 1.79 bits per heavy atom. The van der Waals surface area contributed by atoms with Crippen LogP contribution in [0.1, 0.15) is 29.4 Å². The lowest BCUT2D eigenvalue weighted by Gasteiger charge is -2.20. The molecule has 0 radical (unpaired) electrons. The van der Waals surface area contributed by atoms with E-state index in [0.29, 0.717) is 34.4 Å². The highest BCUT2D eigenvalue weighted by Crippen LogP contribution is 2.31. The van der Waals surface area contributed by atoms with Gasteiger partial charge in [-0.1, -0.05) is 25.1 Å². The van der Waals surface area contributed by atoms with Crippen LogP contribution in [0.4, 0.5) is 4.39 Å². The van der Waals surface area contributed by atoms with Crippen molar-refractivity contribution in [3.8, 4) is 22.6 Å². The van der Waals surface area contributed by atoms with E-state index >= 15 is 0 Å². The molecule has 1 amide bonds. The molecule has 9 heteroatoms. The molecule has 2 aromatic carbocycles. The van der Waals surface area contributed by atoms with Crippen molar-refractivity contribution >= 4 is 16.8 Å². The summed E-state index contributed by atoms with van der Waals surface area (Å²) < 4.78 is 25.9. The summed E-state index contributed by atoms with van der Waals surface area (Å²) in [5.74, 6) is 0.167. The van der Waals surface area contributed by atoms with Gasteiger partial charge in [0.1, 0.15) is 28.5 Å². The van der Waals surface area contributed by atoms with Gasteiger partial charge >= 0.3 is 0 Å². The molecule has 0 aliphatic heterocycles. The Balaban J connectivity index is 1.86. The van der Waals surface area contributed by atoms with Gasteiger partial charge in [0.25, 0.3) is 11.5 Å². The van der Waals surface area contributed by atoms with Crippen molar-refractivity contribution in [1.82, 2.24) is 14.9 Å². The Bertz CT molecular complexity index is 1480. The fraction of sp³-hybridized carbons (Fsp3) is 0.276. The molecule has 1 unspecified atom stereocenters. The molecule has 4 rings (SSSR count). The number of aliphatic hydroxyl groups excluding tert-OH is 1. The summed E-state index contributed by atoms with van der Waals surface area (Å²) >= 11 is 0. The number of methoxy groups -OCH3 is 2. The van der Waals surface area contributed by atoms with Crippen molar-refractivity contribution in [2.75, 3.05) is 20.8 Å². The van der Waals surface area contributed by atoms with Crippen LogP contribution in [0.3, 0.4) is 0 Å². The molecule has 2 N–H and O–H groups in total. The number of hydrogen-bond donors (Lipinski definition) is 2.